The molecule has 21 heavy (non-hydrogen) atoms. The maximum Gasteiger partial charge on any atom is 0.409 e. The van der Waals surface area contributed by atoms with Gasteiger partial charge in [0, 0.05) is 30.7 Å². The minimum Gasteiger partial charge on any atom is -0.450 e. The first-order valence-corrected chi connectivity index (χ1v) is 8.00. The molecular formula is C17H26N2O2. The maximum absolute atomic E-state index is 11.7. The third kappa shape index (κ3) is 2.99. The Hall–Kier alpha value is -1.71. The zero-order valence-corrected chi connectivity index (χ0v) is 13.3. The molecule has 0 unspecified atom stereocenters. The first-order chi connectivity index (χ1) is 10.2. The van der Waals surface area contributed by atoms with Gasteiger partial charge in [-0.3, -0.25) is 0 Å². The number of anilines is 1. The average Bonchev–Trinajstić information content (AvgIpc) is 2.89. The predicted octanol–water partition coefficient (Wildman–Crippen LogP) is 3.63. The van der Waals surface area contributed by atoms with Gasteiger partial charge in [-0.05, 0) is 31.4 Å². The Morgan fingerprint density at radius 1 is 1.29 bits per heavy atom. The van der Waals surface area contributed by atoms with Crippen molar-refractivity contribution in [2.24, 2.45) is 0 Å². The van der Waals surface area contributed by atoms with Gasteiger partial charge in [0.05, 0.1) is 6.61 Å². The number of hydrogen-bond donors (Lipinski definition) is 1. The van der Waals surface area contributed by atoms with E-state index in [1.54, 1.807) is 0 Å². The third-order valence-electron chi connectivity index (χ3n) is 4.36. The van der Waals surface area contributed by atoms with Crippen LogP contribution in [0.25, 0.3) is 0 Å². The van der Waals surface area contributed by atoms with Gasteiger partial charge in [0.25, 0.3) is 0 Å². The van der Waals surface area contributed by atoms with Crippen LogP contribution in [-0.2, 0) is 10.2 Å². The minimum atomic E-state index is -0.170. The number of nitrogens with one attached hydrogen (secondary N) is 1. The van der Waals surface area contributed by atoms with Crippen LogP contribution in [-0.4, -0.2) is 37.2 Å². The van der Waals surface area contributed by atoms with E-state index in [-0.39, 0.29) is 11.5 Å². The molecule has 1 saturated heterocycles. The number of rotatable bonds is 1. The fourth-order valence-electron chi connectivity index (χ4n) is 3.24. The van der Waals surface area contributed by atoms with E-state index in [1.165, 1.54) is 11.3 Å². The van der Waals surface area contributed by atoms with Crippen molar-refractivity contribution in [2.75, 3.05) is 31.6 Å². The van der Waals surface area contributed by atoms with Gasteiger partial charge in [0.15, 0.2) is 0 Å². The molecule has 3 rings (SSSR count). The van der Waals surface area contributed by atoms with Crippen LogP contribution < -0.4 is 5.32 Å². The summed E-state index contributed by atoms with van der Waals surface area (Å²) < 4.78 is 5.07. The monoisotopic (exact) mass is 290 g/mol. The Bertz CT molecular complexity index is 479. The highest BCUT2D eigenvalue weighted by atomic mass is 16.6. The Labute approximate surface area is 127 Å². The molecule has 1 N–H and O–H groups in total. The summed E-state index contributed by atoms with van der Waals surface area (Å²) in [4.78, 5) is 13.6. The number of fused-ring (bicyclic) bond motifs is 2. The molecule has 4 heteroatoms. The van der Waals surface area contributed by atoms with Gasteiger partial charge in [0.1, 0.15) is 0 Å². The normalized spacial score (nSPS) is 18.3. The average molecular weight is 290 g/mol. The number of benzene rings is 1. The van der Waals surface area contributed by atoms with Gasteiger partial charge < -0.3 is 15.0 Å². The van der Waals surface area contributed by atoms with Crippen LogP contribution in [0, 0.1) is 0 Å². The van der Waals surface area contributed by atoms with E-state index in [1.807, 2.05) is 25.7 Å². The number of likely N-dealkylation sites (tertiary alicyclic amines) is 1. The van der Waals surface area contributed by atoms with Gasteiger partial charge >= 0.3 is 6.09 Å². The van der Waals surface area contributed by atoms with E-state index in [0.717, 1.165) is 32.5 Å². The molecule has 0 bridgehead atoms. The summed E-state index contributed by atoms with van der Waals surface area (Å²) in [6.07, 6.45) is 1.85. The smallest absolute Gasteiger partial charge is 0.409 e. The Balaban J connectivity index is 0.000000774. The number of ether oxygens (including phenoxy) is 1. The highest BCUT2D eigenvalue weighted by Gasteiger charge is 2.42. The second-order valence-corrected chi connectivity index (χ2v) is 5.37. The van der Waals surface area contributed by atoms with E-state index >= 15 is 0 Å². The maximum atomic E-state index is 11.7. The SMILES string of the molecule is CC.CCOC(=O)N1CCC2(CC1)CNc1ccccc12. The highest BCUT2D eigenvalue weighted by molar-refractivity contribution is 5.68. The molecule has 2 heterocycles. The summed E-state index contributed by atoms with van der Waals surface area (Å²) in [6, 6.07) is 8.53. The van der Waals surface area contributed by atoms with E-state index in [4.69, 9.17) is 4.74 Å². The molecule has 0 radical (unpaired) electrons. The van der Waals surface area contributed by atoms with Gasteiger partial charge in [0.2, 0.25) is 0 Å². The van der Waals surface area contributed by atoms with Crippen molar-refractivity contribution < 1.29 is 9.53 Å². The second kappa shape index (κ2) is 6.83. The lowest BCUT2D eigenvalue weighted by atomic mass is 9.74. The van der Waals surface area contributed by atoms with Gasteiger partial charge in [-0.2, -0.15) is 0 Å². The van der Waals surface area contributed by atoms with Crippen LogP contribution in [0.2, 0.25) is 0 Å². The summed E-state index contributed by atoms with van der Waals surface area (Å²) in [7, 11) is 0. The van der Waals surface area contributed by atoms with Crippen LogP contribution in [0.4, 0.5) is 10.5 Å². The molecule has 1 fully saturated rings. The number of carbonyl (C=O) groups is 1. The zero-order chi connectivity index (χ0) is 15.3. The van der Waals surface area contributed by atoms with Crippen LogP contribution in [0.1, 0.15) is 39.2 Å². The summed E-state index contributed by atoms with van der Waals surface area (Å²) in [6.45, 7) is 8.86. The second-order valence-electron chi connectivity index (χ2n) is 5.37. The van der Waals surface area contributed by atoms with Crippen molar-refractivity contribution >= 4 is 11.8 Å². The van der Waals surface area contributed by atoms with Gasteiger partial charge in [-0.25, -0.2) is 4.79 Å². The molecule has 116 valence electrons. The summed E-state index contributed by atoms with van der Waals surface area (Å²) >= 11 is 0. The summed E-state index contributed by atoms with van der Waals surface area (Å²) in [5.41, 5.74) is 2.88. The van der Waals surface area contributed by atoms with Crippen molar-refractivity contribution in [3.05, 3.63) is 29.8 Å². The van der Waals surface area contributed by atoms with Crippen LogP contribution >= 0.6 is 0 Å². The van der Waals surface area contributed by atoms with E-state index < -0.39 is 0 Å². The molecule has 0 saturated carbocycles. The van der Waals surface area contributed by atoms with Crippen LogP contribution in [0.5, 0.6) is 0 Å². The zero-order valence-electron chi connectivity index (χ0n) is 13.3. The third-order valence-corrected chi connectivity index (χ3v) is 4.36. The number of carbonyl (C=O) groups excluding carboxylic acids is 1. The molecule has 1 spiro atoms. The lowest BCUT2D eigenvalue weighted by Gasteiger charge is -2.38. The summed E-state index contributed by atoms with van der Waals surface area (Å²) in [5.74, 6) is 0. The molecule has 0 atom stereocenters. The first kappa shape index (κ1) is 15.7. The molecule has 1 aromatic carbocycles. The molecule has 0 aromatic heterocycles. The fourth-order valence-corrected chi connectivity index (χ4v) is 3.24. The molecule has 1 aromatic rings. The van der Waals surface area contributed by atoms with Crippen molar-refractivity contribution in [2.45, 2.75) is 39.0 Å². The lowest BCUT2D eigenvalue weighted by Crippen LogP contribution is -2.46. The number of amides is 1. The first-order valence-electron chi connectivity index (χ1n) is 8.00. The number of piperidine rings is 1. The molecule has 2 aliphatic heterocycles. The summed E-state index contributed by atoms with van der Waals surface area (Å²) in [5, 5.41) is 3.50. The van der Waals surface area contributed by atoms with E-state index in [9.17, 15) is 4.79 Å². The standard InChI is InChI=1S/C15H20N2O2.C2H6/c1-2-19-14(18)17-9-7-15(8-10-17)11-16-13-6-4-3-5-12(13)15;1-2/h3-6,16H,2,7-11H2,1H3;1-2H3. The molecule has 0 aliphatic carbocycles. The number of hydrogen-bond acceptors (Lipinski definition) is 3. The Morgan fingerprint density at radius 2 is 1.95 bits per heavy atom. The van der Waals surface area contributed by atoms with Crippen molar-refractivity contribution in [1.82, 2.24) is 4.90 Å². The quantitative estimate of drug-likeness (QED) is 0.858. The van der Waals surface area contributed by atoms with Crippen molar-refractivity contribution in [1.29, 1.82) is 0 Å². The number of nitrogens with zero attached hydrogens (tertiary/aromatic N) is 1. The molecule has 4 nitrogen and oxygen atoms in total. The van der Waals surface area contributed by atoms with Crippen molar-refractivity contribution in [3.63, 3.8) is 0 Å². The van der Waals surface area contributed by atoms with Gasteiger partial charge in [-0.1, -0.05) is 32.0 Å². The van der Waals surface area contributed by atoms with Crippen LogP contribution in [0.15, 0.2) is 24.3 Å². The fraction of sp³-hybridized carbons (Fsp3) is 0.588. The van der Waals surface area contributed by atoms with E-state index in [2.05, 4.69) is 29.6 Å². The Morgan fingerprint density at radius 3 is 2.62 bits per heavy atom. The molecular weight excluding hydrogens is 264 g/mol. The largest absolute Gasteiger partial charge is 0.450 e. The lowest BCUT2D eigenvalue weighted by molar-refractivity contribution is 0.0885. The van der Waals surface area contributed by atoms with E-state index in [0.29, 0.717) is 6.61 Å². The van der Waals surface area contributed by atoms with Crippen molar-refractivity contribution in [3.8, 4) is 0 Å². The molecule has 2 aliphatic rings. The Kier molecular flexibility index (Phi) is 5.10. The molecule has 1 amide bonds. The highest BCUT2D eigenvalue weighted by Crippen LogP contribution is 2.43. The van der Waals surface area contributed by atoms with Crippen LogP contribution in [0.3, 0.4) is 0 Å². The predicted molar refractivity (Wildman–Crippen MR) is 85.8 cm³/mol. The topological polar surface area (TPSA) is 41.6 Å². The van der Waals surface area contributed by atoms with Gasteiger partial charge in [-0.15, -0.1) is 0 Å². The number of para-hydroxylation sites is 1. The minimum absolute atomic E-state index is 0.170.